The van der Waals surface area contributed by atoms with Crippen LogP contribution in [0, 0.1) is 5.92 Å². The maximum absolute atomic E-state index is 14.3. The lowest BCUT2D eigenvalue weighted by molar-refractivity contribution is -0.141. The molecule has 3 N–H and O–H groups in total. The number of carbonyl (C=O) groups is 2. The van der Waals surface area contributed by atoms with Crippen LogP contribution < -0.4 is 20.5 Å². The molecule has 2 atom stereocenters. The van der Waals surface area contributed by atoms with Crippen LogP contribution in [0.1, 0.15) is 37.2 Å². The largest absolute Gasteiger partial charge is 0.388 e. The summed E-state index contributed by atoms with van der Waals surface area (Å²) in [4.78, 5) is 53.6. The van der Waals surface area contributed by atoms with E-state index in [0.29, 0.717) is 80.7 Å². The van der Waals surface area contributed by atoms with Crippen LogP contribution in [0.4, 0.5) is 17.1 Å². The second-order valence-electron chi connectivity index (χ2n) is 15.6. The monoisotopic (exact) mass is 796 g/mol. The second kappa shape index (κ2) is 17.2. The fourth-order valence-electron chi connectivity index (χ4n) is 8.29. The zero-order chi connectivity index (χ0) is 40.2. The number of anilines is 3. The minimum Gasteiger partial charge on any atom is -0.388 e. The molecule has 0 spiro atoms. The van der Waals surface area contributed by atoms with Crippen LogP contribution in [0.25, 0.3) is 10.9 Å². The molecular formula is C42H52N8O6S. The highest BCUT2D eigenvalue weighted by Crippen LogP contribution is 2.39. The topological polar surface area (TPSA) is 160 Å². The van der Waals surface area contributed by atoms with Gasteiger partial charge in [0.25, 0.3) is 15.6 Å². The number of piperidine rings is 2. The molecule has 3 aliphatic heterocycles. The van der Waals surface area contributed by atoms with Crippen molar-refractivity contribution >= 4 is 49.8 Å². The van der Waals surface area contributed by atoms with E-state index in [4.69, 9.17) is 0 Å². The van der Waals surface area contributed by atoms with Gasteiger partial charge < -0.3 is 30.0 Å². The number of carbonyl (C=O) groups excluding carboxylic acids is 2. The molecule has 7 rings (SSSR count). The summed E-state index contributed by atoms with van der Waals surface area (Å²) in [5.74, 6) is -0.535. The van der Waals surface area contributed by atoms with Crippen LogP contribution in [-0.4, -0.2) is 121 Å². The number of benzene rings is 3. The number of rotatable bonds is 12. The van der Waals surface area contributed by atoms with Crippen molar-refractivity contribution in [1.82, 2.24) is 24.3 Å². The first kappa shape index (κ1) is 40.1. The molecule has 14 nitrogen and oxygen atoms in total. The Morgan fingerprint density at radius 1 is 0.965 bits per heavy atom. The molecule has 3 fully saturated rings. The van der Waals surface area contributed by atoms with Crippen molar-refractivity contribution in [3.8, 4) is 0 Å². The van der Waals surface area contributed by atoms with Gasteiger partial charge in [0.15, 0.2) is 0 Å². The molecule has 0 aliphatic carbocycles. The highest BCUT2D eigenvalue weighted by molar-refractivity contribution is 7.95. The number of likely N-dealkylation sites (tertiary alicyclic amines) is 1. The number of hydrogen-bond acceptors (Lipinski definition) is 10. The molecular weight excluding hydrogens is 745 g/mol. The van der Waals surface area contributed by atoms with Crippen molar-refractivity contribution in [2.75, 3.05) is 80.9 Å². The zero-order valence-electron chi connectivity index (χ0n) is 32.4. The van der Waals surface area contributed by atoms with Gasteiger partial charge in [-0.05, 0) is 62.2 Å². The van der Waals surface area contributed by atoms with E-state index in [0.717, 1.165) is 42.8 Å². The van der Waals surface area contributed by atoms with Gasteiger partial charge >= 0.3 is 0 Å². The Morgan fingerprint density at radius 2 is 1.68 bits per heavy atom. The van der Waals surface area contributed by atoms with Crippen LogP contribution >= 0.6 is 0 Å². The van der Waals surface area contributed by atoms with E-state index in [1.807, 2.05) is 47.4 Å². The summed E-state index contributed by atoms with van der Waals surface area (Å²) in [6.07, 6.45) is 2.98. The maximum atomic E-state index is 14.3. The number of nitrogens with one attached hydrogen (secondary N) is 2. The minimum absolute atomic E-state index is 0.0259. The number of fused-ring (bicyclic) bond motifs is 1. The summed E-state index contributed by atoms with van der Waals surface area (Å²) in [6, 6.07) is 22.2. The van der Waals surface area contributed by atoms with E-state index in [9.17, 15) is 27.9 Å². The number of likely N-dealkylation sites (N-methyl/N-ethyl adjacent to an activating group) is 1. The molecule has 0 bridgehead atoms. The summed E-state index contributed by atoms with van der Waals surface area (Å²) < 4.78 is 28.8. The summed E-state index contributed by atoms with van der Waals surface area (Å²) in [5.41, 5.74) is 1.75. The Bertz CT molecular complexity index is 2250. The Morgan fingerprint density at radius 3 is 2.42 bits per heavy atom. The van der Waals surface area contributed by atoms with Crippen molar-refractivity contribution in [3.63, 3.8) is 0 Å². The predicted molar refractivity (Wildman–Crippen MR) is 223 cm³/mol. The summed E-state index contributed by atoms with van der Waals surface area (Å²) in [6.45, 7) is 9.78. The first-order valence-corrected chi connectivity index (χ1v) is 21.2. The molecule has 4 heterocycles. The summed E-state index contributed by atoms with van der Waals surface area (Å²) >= 11 is 0. The Balaban J connectivity index is 0.978. The average Bonchev–Trinajstić information content (AvgIpc) is 3.22. The van der Waals surface area contributed by atoms with Crippen LogP contribution in [0.5, 0.6) is 0 Å². The van der Waals surface area contributed by atoms with E-state index in [1.54, 1.807) is 30.3 Å². The normalized spacial score (nSPS) is 20.6. The number of sulfonamides is 1. The first-order valence-electron chi connectivity index (χ1n) is 19.7. The van der Waals surface area contributed by atoms with Crippen molar-refractivity contribution < 1.29 is 23.1 Å². The van der Waals surface area contributed by atoms with Gasteiger partial charge in [-0.15, -0.1) is 0 Å². The number of piperazine rings is 1. The number of hydrogen-bond donors (Lipinski definition) is 3. The second-order valence-corrected chi connectivity index (χ2v) is 17.2. The molecule has 15 heteroatoms. The van der Waals surface area contributed by atoms with E-state index < -0.39 is 15.6 Å². The van der Waals surface area contributed by atoms with Crippen LogP contribution in [-0.2, 0) is 26.2 Å². The van der Waals surface area contributed by atoms with Gasteiger partial charge in [-0.25, -0.2) is 13.4 Å². The fraction of sp³-hybridized carbons (Fsp3) is 0.429. The molecule has 302 valence electrons. The quantitative estimate of drug-likeness (QED) is 0.194. The van der Waals surface area contributed by atoms with Gasteiger partial charge in [0.2, 0.25) is 11.8 Å². The number of nitrogens with zero attached hydrogens (tertiary/aromatic N) is 6. The lowest BCUT2D eigenvalue weighted by Crippen LogP contribution is -2.53. The van der Waals surface area contributed by atoms with Crippen LogP contribution in [0.2, 0.25) is 0 Å². The lowest BCUT2D eigenvalue weighted by atomic mass is 9.79. The molecule has 1 unspecified atom stereocenters. The van der Waals surface area contributed by atoms with Gasteiger partial charge in [0.1, 0.15) is 0 Å². The minimum atomic E-state index is -3.72. The van der Waals surface area contributed by atoms with Crippen molar-refractivity contribution in [2.24, 2.45) is 5.92 Å². The first-order chi connectivity index (χ1) is 27.4. The summed E-state index contributed by atoms with van der Waals surface area (Å²) in [7, 11) is -1.62. The Hall–Kier alpha value is -5.09. The molecule has 3 aromatic carbocycles. The fourth-order valence-corrected chi connectivity index (χ4v) is 8.85. The highest BCUT2D eigenvalue weighted by atomic mass is 32.2. The molecule has 4 aromatic rings. The van der Waals surface area contributed by atoms with E-state index in [2.05, 4.69) is 43.3 Å². The average molecular weight is 797 g/mol. The smallest absolute Gasteiger partial charge is 0.261 e. The molecule has 57 heavy (non-hydrogen) atoms. The third-order valence-electron chi connectivity index (χ3n) is 11.7. The van der Waals surface area contributed by atoms with E-state index in [-0.39, 0.29) is 35.8 Å². The van der Waals surface area contributed by atoms with Crippen molar-refractivity contribution in [3.05, 3.63) is 107 Å². The predicted octanol–water partition coefficient (Wildman–Crippen LogP) is 3.52. The van der Waals surface area contributed by atoms with Gasteiger partial charge in [0, 0.05) is 88.3 Å². The molecule has 2 amide bonds. The third kappa shape index (κ3) is 9.55. The molecule has 3 saturated heterocycles. The van der Waals surface area contributed by atoms with Crippen LogP contribution in [0.15, 0.2) is 95.9 Å². The van der Waals surface area contributed by atoms with E-state index in [1.165, 1.54) is 10.9 Å². The van der Waals surface area contributed by atoms with Gasteiger partial charge in [-0.1, -0.05) is 49.0 Å². The molecule has 0 saturated carbocycles. The number of aromatic nitrogens is 2. The number of aliphatic hydroxyl groups is 1. The van der Waals surface area contributed by atoms with E-state index >= 15 is 0 Å². The lowest BCUT2D eigenvalue weighted by Gasteiger charge is -2.44. The number of para-hydroxylation sites is 2. The Kier molecular flexibility index (Phi) is 12.1. The SMILES string of the molecule is C=CS(=O)(=O)Nc1ccccc1N1CCC(C(=O)N2CCC(O)(Cn3cnc4cc(NC(=O)CCN5CCN(C)CC5)ccc4c3=O)CC2)[C@H](c2ccccc2)C1. The molecule has 1 aromatic heterocycles. The highest BCUT2D eigenvalue weighted by Gasteiger charge is 2.41. The van der Waals surface area contributed by atoms with Gasteiger partial charge in [0.05, 0.1) is 40.8 Å². The van der Waals surface area contributed by atoms with Crippen LogP contribution in [0.3, 0.4) is 0 Å². The van der Waals surface area contributed by atoms with Gasteiger partial charge in [-0.3, -0.25) is 23.7 Å². The maximum Gasteiger partial charge on any atom is 0.261 e. The van der Waals surface area contributed by atoms with Crippen molar-refractivity contribution in [1.29, 1.82) is 0 Å². The van der Waals surface area contributed by atoms with Crippen molar-refractivity contribution in [2.45, 2.75) is 43.7 Å². The standard InChI is InChI=1S/C42H52N8O6S/c1-3-57(55,56)45-36-11-7-8-12-38(36)49-20-15-33(35(28-49)31-9-5-4-6-10-31)40(52)48-21-17-42(54,18-22-48)29-50-30-43-37-27-32(13-14-34(37)41(50)53)44-39(51)16-19-47-25-23-46(2)24-26-47/h3-14,27,30,33,35,45,54H,1,15-26,28-29H2,2H3,(H,44,51)/t33?,35-/m0/s1. The zero-order valence-corrected chi connectivity index (χ0v) is 33.2. The molecule has 3 aliphatic rings. The Labute approximate surface area is 333 Å². The number of amides is 2. The summed E-state index contributed by atoms with van der Waals surface area (Å²) in [5, 5.41) is 15.9. The third-order valence-corrected chi connectivity index (χ3v) is 12.6. The van der Waals surface area contributed by atoms with Gasteiger partial charge in [-0.2, -0.15) is 0 Å². The molecule has 0 radical (unpaired) electrons.